The minimum Gasteiger partial charge on any atom is -0.339 e. The van der Waals surface area contributed by atoms with Gasteiger partial charge in [0.2, 0.25) is 0 Å². The van der Waals surface area contributed by atoms with E-state index >= 15 is 0 Å². The molecule has 0 aliphatic heterocycles. The zero-order chi connectivity index (χ0) is 19.1. The second-order valence-corrected chi connectivity index (χ2v) is 5.88. The molecule has 1 N–H and O–H groups in total. The van der Waals surface area contributed by atoms with Crippen LogP contribution in [0.5, 0.6) is 0 Å². The van der Waals surface area contributed by atoms with Crippen LogP contribution in [-0.2, 0) is 6.54 Å². The van der Waals surface area contributed by atoms with Gasteiger partial charge in [-0.25, -0.2) is 9.97 Å². The lowest BCUT2D eigenvalue weighted by Crippen LogP contribution is -2.31. The van der Waals surface area contributed by atoms with E-state index in [-0.39, 0.29) is 5.91 Å². The molecule has 0 saturated carbocycles. The van der Waals surface area contributed by atoms with Gasteiger partial charge in [-0.2, -0.15) is 5.26 Å². The number of rotatable bonds is 6. The van der Waals surface area contributed by atoms with Gasteiger partial charge < -0.3 is 10.2 Å². The summed E-state index contributed by atoms with van der Waals surface area (Å²) in [5, 5.41) is 12.3. The minimum absolute atomic E-state index is 0.166. The first-order chi connectivity index (χ1) is 13.2. The number of carbonyl (C=O) groups is 1. The molecule has 0 saturated heterocycles. The van der Waals surface area contributed by atoms with E-state index in [0.717, 1.165) is 5.56 Å². The number of carbonyl (C=O) groups excluding carboxylic acids is 1. The van der Waals surface area contributed by atoms with Gasteiger partial charge in [0.05, 0.1) is 11.3 Å². The van der Waals surface area contributed by atoms with Gasteiger partial charge in [-0.3, -0.25) is 4.79 Å². The SMILES string of the molecule is CCN(Cc1ccccc1)C(=O)c1cc(Nc2ccccc2C#N)ncn1. The molecular weight excluding hydrogens is 338 g/mol. The molecule has 27 heavy (non-hydrogen) atoms. The fourth-order valence-corrected chi connectivity index (χ4v) is 2.66. The van der Waals surface area contributed by atoms with E-state index < -0.39 is 0 Å². The standard InChI is InChI=1S/C21H19N5O/c1-2-26(14-16-8-4-3-5-9-16)21(27)19-12-20(24-15-23-19)25-18-11-7-6-10-17(18)13-22/h3-12,15H,2,14H2,1H3,(H,23,24,25). The van der Waals surface area contributed by atoms with Gasteiger partial charge in [-0.15, -0.1) is 0 Å². The molecule has 6 nitrogen and oxygen atoms in total. The van der Waals surface area contributed by atoms with Gasteiger partial charge in [0, 0.05) is 19.2 Å². The molecule has 1 amide bonds. The third-order valence-corrected chi connectivity index (χ3v) is 4.08. The van der Waals surface area contributed by atoms with Crippen molar-refractivity contribution in [3.05, 3.63) is 83.8 Å². The average Bonchev–Trinajstić information content (AvgIpc) is 2.73. The molecule has 1 aromatic heterocycles. The van der Waals surface area contributed by atoms with Crippen LogP contribution in [0.4, 0.5) is 11.5 Å². The average molecular weight is 357 g/mol. The summed E-state index contributed by atoms with van der Waals surface area (Å²) >= 11 is 0. The van der Waals surface area contributed by atoms with Crippen molar-refractivity contribution in [2.75, 3.05) is 11.9 Å². The molecule has 3 aromatic rings. The van der Waals surface area contributed by atoms with Crippen molar-refractivity contribution < 1.29 is 4.79 Å². The number of anilines is 2. The lowest BCUT2D eigenvalue weighted by molar-refractivity contribution is 0.0746. The summed E-state index contributed by atoms with van der Waals surface area (Å²) in [6, 6.07) is 20.7. The quantitative estimate of drug-likeness (QED) is 0.726. The number of nitrogens with zero attached hydrogens (tertiary/aromatic N) is 4. The van der Waals surface area contributed by atoms with E-state index in [1.807, 2.05) is 43.3 Å². The maximum absolute atomic E-state index is 12.9. The number of nitrogens with one attached hydrogen (secondary N) is 1. The summed E-state index contributed by atoms with van der Waals surface area (Å²) in [5.41, 5.74) is 2.50. The zero-order valence-electron chi connectivity index (χ0n) is 15.0. The van der Waals surface area contributed by atoms with Gasteiger partial charge in [0.15, 0.2) is 0 Å². The third kappa shape index (κ3) is 4.47. The Bertz CT molecular complexity index is 966. The number of nitriles is 1. The topological polar surface area (TPSA) is 81.9 Å². The van der Waals surface area contributed by atoms with Crippen molar-refractivity contribution >= 4 is 17.4 Å². The Morgan fingerprint density at radius 3 is 2.59 bits per heavy atom. The molecular formula is C21H19N5O. The maximum atomic E-state index is 12.9. The Balaban J connectivity index is 1.79. The molecule has 3 rings (SSSR count). The molecule has 0 aliphatic rings. The minimum atomic E-state index is -0.166. The molecule has 134 valence electrons. The Hall–Kier alpha value is -3.72. The van der Waals surface area contributed by atoms with Crippen molar-refractivity contribution in [3.63, 3.8) is 0 Å². The van der Waals surface area contributed by atoms with Crippen LogP contribution in [0.3, 0.4) is 0 Å². The van der Waals surface area contributed by atoms with Crippen LogP contribution in [0.2, 0.25) is 0 Å². The van der Waals surface area contributed by atoms with Gasteiger partial charge in [-0.1, -0.05) is 42.5 Å². The van der Waals surface area contributed by atoms with Crippen LogP contribution in [0.25, 0.3) is 0 Å². The van der Waals surface area contributed by atoms with E-state index in [1.165, 1.54) is 6.33 Å². The Labute approximate surface area is 158 Å². The van der Waals surface area contributed by atoms with Crippen LogP contribution in [0, 0.1) is 11.3 Å². The van der Waals surface area contributed by atoms with Crippen LogP contribution < -0.4 is 5.32 Å². The van der Waals surface area contributed by atoms with E-state index in [4.69, 9.17) is 0 Å². The summed E-state index contributed by atoms with van der Waals surface area (Å²) < 4.78 is 0. The highest BCUT2D eigenvalue weighted by Crippen LogP contribution is 2.19. The number of para-hydroxylation sites is 1. The van der Waals surface area contributed by atoms with Crippen LogP contribution >= 0.6 is 0 Å². The predicted molar refractivity (Wildman–Crippen MR) is 103 cm³/mol. The third-order valence-electron chi connectivity index (χ3n) is 4.08. The zero-order valence-corrected chi connectivity index (χ0v) is 15.0. The summed E-state index contributed by atoms with van der Waals surface area (Å²) in [6.45, 7) is 3.02. The molecule has 0 aliphatic carbocycles. The number of hydrogen-bond donors (Lipinski definition) is 1. The normalized spacial score (nSPS) is 10.1. The summed E-state index contributed by atoms with van der Waals surface area (Å²) in [7, 11) is 0. The van der Waals surface area contributed by atoms with Crippen molar-refractivity contribution in [1.82, 2.24) is 14.9 Å². The smallest absolute Gasteiger partial charge is 0.272 e. The molecule has 6 heteroatoms. The molecule has 0 bridgehead atoms. The first-order valence-corrected chi connectivity index (χ1v) is 8.62. The maximum Gasteiger partial charge on any atom is 0.272 e. The van der Waals surface area contributed by atoms with E-state index in [2.05, 4.69) is 21.4 Å². The van der Waals surface area contributed by atoms with Crippen molar-refractivity contribution in [3.8, 4) is 6.07 Å². The molecule has 0 atom stereocenters. The lowest BCUT2D eigenvalue weighted by Gasteiger charge is -2.20. The summed E-state index contributed by atoms with van der Waals surface area (Å²) in [6.07, 6.45) is 1.35. The molecule has 1 heterocycles. The van der Waals surface area contributed by atoms with Crippen LogP contribution in [0.1, 0.15) is 28.5 Å². The van der Waals surface area contributed by atoms with Gasteiger partial charge in [-0.05, 0) is 24.6 Å². The fourth-order valence-electron chi connectivity index (χ4n) is 2.66. The molecule has 0 spiro atoms. The van der Waals surface area contributed by atoms with E-state index in [1.54, 1.807) is 29.2 Å². The van der Waals surface area contributed by atoms with Crippen LogP contribution in [-0.4, -0.2) is 27.3 Å². The van der Waals surface area contributed by atoms with Gasteiger partial charge in [0.1, 0.15) is 23.9 Å². The highest BCUT2D eigenvalue weighted by atomic mass is 16.2. The number of aromatic nitrogens is 2. The van der Waals surface area contributed by atoms with Crippen molar-refractivity contribution in [1.29, 1.82) is 5.26 Å². The second-order valence-electron chi connectivity index (χ2n) is 5.88. The largest absolute Gasteiger partial charge is 0.339 e. The second kappa shape index (κ2) is 8.59. The summed E-state index contributed by atoms with van der Waals surface area (Å²) in [4.78, 5) is 22.9. The van der Waals surface area contributed by atoms with Gasteiger partial charge >= 0.3 is 0 Å². The van der Waals surface area contributed by atoms with E-state index in [0.29, 0.717) is 35.9 Å². The first-order valence-electron chi connectivity index (χ1n) is 8.62. The molecule has 0 radical (unpaired) electrons. The Morgan fingerprint density at radius 1 is 1.11 bits per heavy atom. The molecule has 0 unspecified atom stereocenters. The number of amides is 1. The number of hydrogen-bond acceptors (Lipinski definition) is 5. The lowest BCUT2D eigenvalue weighted by atomic mass is 10.2. The van der Waals surface area contributed by atoms with Crippen molar-refractivity contribution in [2.24, 2.45) is 0 Å². The fraction of sp³-hybridized carbons (Fsp3) is 0.143. The highest BCUT2D eigenvalue weighted by Gasteiger charge is 2.17. The monoisotopic (exact) mass is 357 g/mol. The van der Waals surface area contributed by atoms with Crippen molar-refractivity contribution in [2.45, 2.75) is 13.5 Å². The highest BCUT2D eigenvalue weighted by molar-refractivity contribution is 5.93. The Morgan fingerprint density at radius 2 is 1.85 bits per heavy atom. The summed E-state index contributed by atoms with van der Waals surface area (Å²) in [5.74, 6) is 0.298. The number of benzene rings is 2. The first kappa shape index (κ1) is 18.1. The molecule has 0 fully saturated rings. The molecule has 2 aromatic carbocycles. The van der Waals surface area contributed by atoms with Gasteiger partial charge in [0.25, 0.3) is 5.91 Å². The van der Waals surface area contributed by atoms with Crippen LogP contribution in [0.15, 0.2) is 67.0 Å². The predicted octanol–water partition coefficient (Wildman–Crippen LogP) is 3.75. The Kier molecular flexibility index (Phi) is 5.75. The van der Waals surface area contributed by atoms with E-state index in [9.17, 15) is 10.1 Å².